The number of aliphatic hydroxyl groups is 1. The number of rotatable bonds is 6. The molecule has 1 amide bonds. The number of nitrogens with zero attached hydrogens (tertiary/aromatic N) is 2. The zero-order valence-electron chi connectivity index (χ0n) is 22.4. The van der Waals surface area contributed by atoms with Crippen LogP contribution in [0.25, 0.3) is 6.08 Å². The molecule has 4 aliphatic rings. The molecule has 2 fully saturated rings. The van der Waals surface area contributed by atoms with Crippen LogP contribution in [-0.2, 0) is 23.1 Å². The highest BCUT2D eigenvalue weighted by Gasteiger charge is 2.74. The standard InChI is InChI=1S/C32H33BrN2O4S/c1-34(28(37)12-8-23-18-22(33)19-40-23)25-10-11-27-31-14-16-35(15-13-20-5-3-2-4-6-20)26(32(25,31)38)17-21-7-9-24(36)30(39-27)29(21)31/h2-9,12,18-19,25-27,36,38H,10-11,13-17H2,1H3/b12-8+/t25-,26-,27+,31-,32-/m1/s1. The summed E-state index contributed by atoms with van der Waals surface area (Å²) in [5.74, 6) is 0.559. The topological polar surface area (TPSA) is 73.2 Å². The van der Waals surface area contributed by atoms with Gasteiger partial charge in [-0.25, -0.2) is 0 Å². The monoisotopic (exact) mass is 620 g/mol. The number of piperidine rings is 1. The van der Waals surface area contributed by atoms with E-state index >= 15 is 0 Å². The maximum Gasteiger partial charge on any atom is 0.246 e. The first-order valence-corrected chi connectivity index (χ1v) is 15.7. The van der Waals surface area contributed by atoms with Gasteiger partial charge in [0.05, 0.1) is 11.5 Å². The molecule has 2 aromatic carbocycles. The third-order valence-electron chi connectivity index (χ3n) is 9.88. The maximum absolute atomic E-state index is 13.6. The minimum Gasteiger partial charge on any atom is -0.504 e. The summed E-state index contributed by atoms with van der Waals surface area (Å²) in [6.07, 6.45) is 6.87. The van der Waals surface area contributed by atoms with Gasteiger partial charge in [-0.2, -0.15) is 0 Å². The molecule has 2 bridgehead atoms. The number of amides is 1. The summed E-state index contributed by atoms with van der Waals surface area (Å²) in [7, 11) is 1.83. The van der Waals surface area contributed by atoms with Crippen molar-refractivity contribution in [2.24, 2.45) is 0 Å². The summed E-state index contributed by atoms with van der Waals surface area (Å²) in [4.78, 5) is 18.8. The van der Waals surface area contributed by atoms with Crippen LogP contribution in [0.5, 0.6) is 11.5 Å². The van der Waals surface area contributed by atoms with Crippen LogP contribution >= 0.6 is 27.3 Å². The van der Waals surface area contributed by atoms with Gasteiger partial charge in [0, 0.05) is 46.0 Å². The van der Waals surface area contributed by atoms with E-state index in [1.165, 1.54) is 5.56 Å². The molecule has 1 aromatic heterocycles. The minimum absolute atomic E-state index is 0.118. The number of halogens is 1. The number of ether oxygens (including phenoxy) is 1. The molecule has 208 valence electrons. The number of likely N-dealkylation sites (N-methyl/N-ethyl adjacent to an activating group) is 1. The van der Waals surface area contributed by atoms with E-state index in [0.29, 0.717) is 18.6 Å². The van der Waals surface area contributed by atoms with E-state index < -0.39 is 11.0 Å². The van der Waals surface area contributed by atoms with E-state index in [1.54, 1.807) is 28.4 Å². The molecule has 5 atom stereocenters. The number of carbonyl (C=O) groups excluding carboxylic acids is 1. The van der Waals surface area contributed by atoms with E-state index in [9.17, 15) is 15.0 Å². The number of hydrogen-bond donors (Lipinski definition) is 2. The van der Waals surface area contributed by atoms with Crippen molar-refractivity contribution >= 4 is 39.2 Å². The Kier molecular flexibility index (Phi) is 6.38. The lowest BCUT2D eigenvalue weighted by Gasteiger charge is -2.66. The molecular formula is C32H33BrN2O4S. The van der Waals surface area contributed by atoms with Gasteiger partial charge in [-0.3, -0.25) is 9.69 Å². The van der Waals surface area contributed by atoms with Gasteiger partial charge in [0.1, 0.15) is 11.7 Å². The van der Waals surface area contributed by atoms with Crippen molar-refractivity contribution in [1.29, 1.82) is 0 Å². The third-order valence-corrected chi connectivity index (χ3v) is 11.5. The Morgan fingerprint density at radius 3 is 2.85 bits per heavy atom. The van der Waals surface area contributed by atoms with Crippen molar-refractivity contribution in [2.45, 2.75) is 61.3 Å². The normalized spacial score (nSPS) is 30.2. The van der Waals surface area contributed by atoms with Crippen LogP contribution in [-0.4, -0.2) is 69.8 Å². The molecule has 2 aliphatic carbocycles. The highest BCUT2D eigenvalue weighted by atomic mass is 79.9. The first-order chi connectivity index (χ1) is 19.3. The largest absolute Gasteiger partial charge is 0.504 e. The summed E-state index contributed by atoms with van der Waals surface area (Å²) in [6.45, 7) is 1.67. The Balaban J connectivity index is 1.28. The van der Waals surface area contributed by atoms with Gasteiger partial charge in [0.25, 0.3) is 0 Å². The van der Waals surface area contributed by atoms with E-state index in [-0.39, 0.29) is 29.8 Å². The van der Waals surface area contributed by atoms with Crippen LogP contribution in [0.15, 0.2) is 64.5 Å². The zero-order chi connectivity index (χ0) is 27.6. The van der Waals surface area contributed by atoms with Crippen LogP contribution in [0.2, 0.25) is 0 Å². The van der Waals surface area contributed by atoms with Gasteiger partial charge >= 0.3 is 0 Å². The first-order valence-electron chi connectivity index (χ1n) is 14.0. The van der Waals surface area contributed by atoms with Crippen molar-refractivity contribution in [2.75, 3.05) is 20.1 Å². The molecule has 3 heterocycles. The van der Waals surface area contributed by atoms with Crippen molar-refractivity contribution in [3.8, 4) is 11.5 Å². The molecule has 1 saturated heterocycles. The number of aromatic hydroxyl groups is 1. The lowest BCUT2D eigenvalue weighted by atomic mass is 9.47. The van der Waals surface area contributed by atoms with Gasteiger partial charge in [0.15, 0.2) is 11.5 Å². The summed E-state index contributed by atoms with van der Waals surface area (Å²) in [5.41, 5.74) is 1.51. The van der Waals surface area contributed by atoms with Crippen LogP contribution in [0.1, 0.15) is 40.8 Å². The number of phenolic OH excluding ortho intramolecular Hbond substituents is 1. The molecule has 0 radical (unpaired) electrons. The SMILES string of the molecule is CN(C(=O)/C=C/c1cc(Br)cs1)[C@@H]1CC[C@@H]2Oc3c(O)ccc4c3[C@@]23CCN(CCc2ccccc2)[C@H](C4)[C@]13O. The van der Waals surface area contributed by atoms with Crippen LogP contribution in [0, 0.1) is 0 Å². The average Bonchev–Trinajstić information content (AvgIpc) is 3.53. The average molecular weight is 622 g/mol. The Bertz CT molecular complexity index is 1490. The van der Waals surface area contributed by atoms with Gasteiger partial charge in [0.2, 0.25) is 5.91 Å². The molecular weight excluding hydrogens is 588 g/mol. The zero-order valence-corrected chi connectivity index (χ0v) is 24.8. The number of phenols is 1. The van der Waals surface area contributed by atoms with Crippen LogP contribution in [0.4, 0.5) is 0 Å². The van der Waals surface area contributed by atoms with E-state index in [2.05, 4.69) is 45.1 Å². The van der Waals surface area contributed by atoms with Gasteiger partial charge in [-0.15, -0.1) is 11.3 Å². The first kappa shape index (κ1) is 26.3. The third kappa shape index (κ3) is 3.76. The fourth-order valence-electron chi connectivity index (χ4n) is 8.15. The van der Waals surface area contributed by atoms with Crippen molar-refractivity contribution in [3.05, 3.63) is 86.0 Å². The highest BCUT2D eigenvalue weighted by Crippen LogP contribution is 2.65. The lowest BCUT2D eigenvalue weighted by molar-refractivity contribution is -0.216. The molecule has 1 saturated carbocycles. The van der Waals surface area contributed by atoms with Crippen molar-refractivity contribution in [1.82, 2.24) is 9.80 Å². The molecule has 0 unspecified atom stereocenters. The Morgan fingerprint density at radius 1 is 1.25 bits per heavy atom. The van der Waals surface area contributed by atoms with Crippen molar-refractivity contribution in [3.63, 3.8) is 0 Å². The summed E-state index contributed by atoms with van der Waals surface area (Å²) in [5, 5.41) is 26.0. The number of hydrogen-bond acceptors (Lipinski definition) is 6. The predicted octanol–water partition coefficient (Wildman–Crippen LogP) is 5.15. The predicted molar refractivity (Wildman–Crippen MR) is 160 cm³/mol. The highest BCUT2D eigenvalue weighted by molar-refractivity contribution is 9.10. The number of benzene rings is 2. The molecule has 1 spiro atoms. The molecule has 7 rings (SSSR count). The molecule has 3 aromatic rings. The Hall–Kier alpha value is -2.65. The second-order valence-corrected chi connectivity index (χ2v) is 13.5. The van der Waals surface area contributed by atoms with Crippen molar-refractivity contribution < 1.29 is 19.7 Å². The van der Waals surface area contributed by atoms with E-state index in [0.717, 1.165) is 52.8 Å². The second kappa shape index (κ2) is 9.72. The lowest BCUT2D eigenvalue weighted by Crippen LogP contribution is -2.81. The van der Waals surface area contributed by atoms with Crippen LogP contribution in [0.3, 0.4) is 0 Å². The maximum atomic E-state index is 13.6. The fraction of sp³-hybridized carbons (Fsp3) is 0.406. The molecule has 40 heavy (non-hydrogen) atoms. The van der Waals surface area contributed by atoms with Gasteiger partial charge in [-0.1, -0.05) is 36.4 Å². The summed E-state index contributed by atoms with van der Waals surface area (Å²) < 4.78 is 7.48. The number of likely N-dealkylation sites (tertiary alicyclic amines) is 1. The minimum atomic E-state index is -1.22. The fourth-order valence-corrected chi connectivity index (χ4v) is 9.49. The number of carbonyl (C=O) groups is 1. The second-order valence-electron chi connectivity index (χ2n) is 11.6. The molecule has 2 N–H and O–H groups in total. The number of thiophene rings is 1. The van der Waals surface area contributed by atoms with Gasteiger partial charge in [-0.05, 0) is 83.9 Å². The van der Waals surface area contributed by atoms with Crippen LogP contribution < -0.4 is 4.74 Å². The van der Waals surface area contributed by atoms with E-state index in [1.807, 2.05) is 36.7 Å². The summed E-state index contributed by atoms with van der Waals surface area (Å²) in [6, 6.07) is 15.7. The molecule has 6 nitrogen and oxygen atoms in total. The molecule has 2 aliphatic heterocycles. The van der Waals surface area contributed by atoms with E-state index in [4.69, 9.17) is 4.74 Å². The Labute approximate surface area is 247 Å². The smallest absolute Gasteiger partial charge is 0.246 e. The summed E-state index contributed by atoms with van der Waals surface area (Å²) >= 11 is 5.05. The quantitative estimate of drug-likeness (QED) is 0.373. The van der Waals surface area contributed by atoms with Gasteiger partial charge < -0.3 is 19.8 Å². The molecule has 8 heteroatoms. The Morgan fingerprint density at radius 2 is 2.08 bits per heavy atom.